The second-order valence-corrected chi connectivity index (χ2v) is 1.27. The van der Waals surface area contributed by atoms with Crippen LogP contribution < -0.4 is 5.84 Å². The summed E-state index contributed by atoms with van der Waals surface area (Å²) in [6.07, 6.45) is 3.74. The molecule has 2 N–H and O–H groups in total. The molecule has 2 nitrogen and oxygen atoms in total. The predicted molar refractivity (Wildman–Crippen MR) is 32.1 cm³/mol. The SMILES string of the molecule is C/C=C/C(C)=N\N. The van der Waals surface area contributed by atoms with E-state index < -0.39 is 0 Å². The van der Waals surface area contributed by atoms with Gasteiger partial charge in [-0.15, -0.1) is 0 Å². The second-order valence-electron chi connectivity index (χ2n) is 1.27. The molecule has 0 rings (SSSR count). The van der Waals surface area contributed by atoms with E-state index in [1.54, 1.807) is 0 Å². The Morgan fingerprint density at radius 1 is 1.71 bits per heavy atom. The van der Waals surface area contributed by atoms with Gasteiger partial charge in [-0.25, -0.2) is 0 Å². The number of hydrazone groups is 1. The van der Waals surface area contributed by atoms with E-state index in [2.05, 4.69) is 5.10 Å². The van der Waals surface area contributed by atoms with Gasteiger partial charge in [0.15, 0.2) is 0 Å². The van der Waals surface area contributed by atoms with Crippen molar-refractivity contribution in [3.05, 3.63) is 12.2 Å². The number of rotatable bonds is 1. The zero-order valence-corrected chi connectivity index (χ0v) is 4.68. The minimum absolute atomic E-state index is 0.850. The molecule has 0 aliphatic heterocycles. The van der Waals surface area contributed by atoms with Crippen LogP contribution in [0.4, 0.5) is 0 Å². The third kappa shape index (κ3) is 3.03. The zero-order valence-electron chi connectivity index (χ0n) is 4.68. The number of nitrogens with zero attached hydrogens (tertiary/aromatic N) is 1. The third-order valence-corrected chi connectivity index (χ3v) is 0.612. The third-order valence-electron chi connectivity index (χ3n) is 0.612. The summed E-state index contributed by atoms with van der Waals surface area (Å²) >= 11 is 0. The lowest BCUT2D eigenvalue weighted by molar-refractivity contribution is 1.24. The first-order valence-electron chi connectivity index (χ1n) is 2.18. The second kappa shape index (κ2) is 3.40. The molecule has 0 aromatic heterocycles. The van der Waals surface area contributed by atoms with Gasteiger partial charge < -0.3 is 5.84 Å². The van der Waals surface area contributed by atoms with E-state index in [1.165, 1.54) is 0 Å². The van der Waals surface area contributed by atoms with Crippen molar-refractivity contribution in [3.8, 4) is 0 Å². The summed E-state index contributed by atoms with van der Waals surface area (Å²) in [5.41, 5.74) is 0.850. The maximum Gasteiger partial charge on any atom is 0.0566 e. The summed E-state index contributed by atoms with van der Waals surface area (Å²) in [5.74, 6) is 4.89. The van der Waals surface area contributed by atoms with E-state index in [0.717, 1.165) is 5.71 Å². The van der Waals surface area contributed by atoms with Crippen LogP contribution >= 0.6 is 0 Å². The van der Waals surface area contributed by atoms with Gasteiger partial charge in [0.25, 0.3) is 0 Å². The van der Waals surface area contributed by atoms with E-state index in [0.29, 0.717) is 0 Å². The van der Waals surface area contributed by atoms with E-state index in [-0.39, 0.29) is 0 Å². The molecule has 7 heavy (non-hydrogen) atoms. The van der Waals surface area contributed by atoms with Gasteiger partial charge in [-0.1, -0.05) is 6.08 Å². The first kappa shape index (κ1) is 6.21. The van der Waals surface area contributed by atoms with Gasteiger partial charge in [-0.05, 0) is 19.9 Å². The molecule has 0 amide bonds. The van der Waals surface area contributed by atoms with Crippen molar-refractivity contribution >= 4 is 5.71 Å². The van der Waals surface area contributed by atoms with Gasteiger partial charge in [-0.3, -0.25) is 0 Å². The van der Waals surface area contributed by atoms with Crippen molar-refractivity contribution in [1.82, 2.24) is 0 Å². The highest BCUT2D eigenvalue weighted by Crippen LogP contribution is 1.73. The molecule has 0 bridgehead atoms. The Bertz CT molecular complexity index is 92.3. The van der Waals surface area contributed by atoms with Gasteiger partial charge in [0, 0.05) is 0 Å². The fourth-order valence-corrected chi connectivity index (χ4v) is 0.284. The normalized spacial score (nSPS) is 13.1. The topological polar surface area (TPSA) is 38.4 Å². The standard InChI is InChI=1S/C5H10N2/c1-3-4-5(2)7-6/h3-4H,6H2,1-2H3/b4-3+,7-5-. The molecule has 0 heterocycles. The van der Waals surface area contributed by atoms with Gasteiger partial charge >= 0.3 is 0 Å². The first-order valence-corrected chi connectivity index (χ1v) is 2.18. The monoisotopic (exact) mass is 98.1 g/mol. The van der Waals surface area contributed by atoms with Crippen molar-refractivity contribution < 1.29 is 0 Å². The molecule has 0 radical (unpaired) electrons. The molecule has 0 saturated heterocycles. The molecule has 0 unspecified atom stereocenters. The van der Waals surface area contributed by atoms with Crippen LogP contribution in [0, 0.1) is 0 Å². The molecule has 0 spiro atoms. The summed E-state index contributed by atoms with van der Waals surface area (Å²) in [6, 6.07) is 0. The lowest BCUT2D eigenvalue weighted by atomic mass is 10.4. The Hall–Kier alpha value is -0.790. The van der Waals surface area contributed by atoms with Gasteiger partial charge in [0.2, 0.25) is 0 Å². The van der Waals surface area contributed by atoms with Crippen LogP contribution in [0.25, 0.3) is 0 Å². The van der Waals surface area contributed by atoms with Crippen molar-refractivity contribution in [2.75, 3.05) is 0 Å². The minimum atomic E-state index is 0.850. The zero-order chi connectivity index (χ0) is 5.70. The van der Waals surface area contributed by atoms with Gasteiger partial charge in [-0.2, -0.15) is 5.10 Å². The smallest absolute Gasteiger partial charge is 0.0566 e. The lowest BCUT2D eigenvalue weighted by Crippen LogP contribution is -1.89. The largest absolute Gasteiger partial charge is 0.323 e. The summed E-state index contributed by atoms with van der Waals surface area (Å²) in [5, 5.41) is 3.41. The van der Waals surface area contributed by atoms with Crippen molar-refractivity contribution in [2.24, 2.45) is 10.9 Å². The molecule has 0 aliphatic carbocycles. The highest BCUT2D eigenvalue weighted by atomic mass is 15.1. The first-order chi connectivity index (χ1) is 3.31. The molecule has 0 aliphatic rings. The molecule has 0 aromatic rings. The van der Waals surface area contributed by atoms with Crippen LogP contribution in [0.3, 0.4) is 0 Å². The average Bonchev–Trinajstić information content (AvgIpc) is 1.68. The van der Waals surface area contributed by atoms with E-state index in [1.807, 2.05) is 26.0 Å². The summed E-state index contributed by atoms with van der Waals surface area (Å²) in [7, 11) is 0. The minimum Gasteiger partial charge on any atom is -0.323 e. The predicted octanol–water partition coefficient (Wildman–Crippen LogP) is 0.897. The van der Waals surface area contributed by atoms with Crippen LogP contribution in [-0.4, -0.2) is 5.71 Å². The Balaban J connectivity index is 3.58. The summed E-state index contributed by atoms with van der Waals surface area (Å²) in [4.78, 5) is 0. The maximum atomic E-state index is 4.89. The average molecular weight is 98.1 g/mol. The molecular weight excluding hydrogens is 88.1 g/mol. The van der Waals surface area contributed by atoms with Crippen LogP contribution in [0.1, 0.15) is 13.8 Å². The van der Waals surface area contributed by atoms with Gasteiger partial charge in [0.1, 0.15) is 0 Å². The molecule has 40 valence electrons. The Kier molecular flexibility index (Phi) is 3.02. The Labute approximate surface area is 43.7 Å². The number of hydrogen-bond donors (Lipinski definition) is 1. The van der Waals surface area contributed by atoms with Crippen molar-refractivity contribution in [2.45, 2.75) is 13.8 Å². The lowest BCUT2D eigenvalue weighted by Gasteiger charge is -1.80. The van der Waals surface area contributed by atoms with Gasteiger partial charge in [0.05, 0.1) is 5.71 Å². The molecular formula is C5H10N2. The molecule has 2 heteroatoms. The van der Waals surface area contributed by atoms with Crippen LogP contribution in [0.5, 0.6) is 0 Å². The number of nitrogens with two attached hydrogens (primary N) is 1. The quantitative estimate of drug-likeness (QED) is 0.295. The molecule has 0 fully saturated rings. The van der Waals surface area contributed by atoms with Crippen molar-refractivity contribution in [1.29, 1.82) is 0 Å². The van der Waals surface area contributed by atoms with E-state index in [4.69, 9.17) is 5.84 Å². The van der Waals surface area contributed by atoms with Crippen molar-refractivity contribution in [3.63, 3.8) is 0 Å². The highest BCUT2D eigenvalue weighted by Gasteiger charge is 1.72. The molecule has 0 aromatic carbocycles. The maximum absolute atomic E-state index is 4.89. The summed E-state index contributed by atoms with van der Waals surface area (Å²) in [6.45, 7) is 3.77. The van der Waals surface area contributed by atoms with E-state index >= 15 is 0 Å². The summed E-state index contributed by atoms with van der Waals surface area (Å²) < 4.78 is 0. The fraction of sp³-hybridized carbons (Fsp3) is 0.400. The number of hydrogen-bond acceptors (Lipinski definition) is 2. The van der Waals surface area contributed by atoms with Crippen LogP contribution in [-0.2, 0) is 0 Å². The fourth-order valence-electron chi connectivity index (χ4n) is 0.284. The molecule has 0 saturated carbocycles. The highest BCUT2D eigenvalue weighted by molar-refractivity contribution is 5.92. The number of allylic oxidation sites excluding steroid dienone is 2. The molecule has 0 atom stereocenters. The van der Waals surface area contributed by atoms with Crippen LogP contribution in [0.15, 0.2) is 17.3 Å². The Morgan fingerprint density at radius 2 is 2.29 bits per heavy atom. The Morgan fingerprint density at radius 3 is 2.43 bits per heavy atom. The van der Waals surface area contributed by atoms with E-state index in [9.17, 15) is 0 Å². The van der Waals surface area contributed by atoms with Crippen LogP contribution in [0.2, 0.25) is 0 Å².